The third-order valence-corrected chi connectivity index (χ3v) is 6.23. The number of carbonyl (C=O) groups excluding carboxylic acids is 3. The predicted molar refractivity (Wildman–Crippen MR) is 134 cm³/mol. The highest BCUT2D eigenvalue weighted by molar-refractivity contribution is 6.09. The van der Waals surface area contributed by atoms with Crippen LogP contribution in [0.5, 0.6) is 5.75 Å². The quantitative estimate of drug-likeness (QED) is 0.428. The summed E-state index contributed by atoms with van der Waals surface area (Å²) in [5, 5.41) is 3.13. The fourth-order valence-electron chi connectivity index (χ4n) is 4.45. The molecule has 3 aromatic rings. The Bertz CT molecular complexity index is 1180. The Hall–Kier alpha value is -4.07. The molecule has 8 heteroatoms. The molecule has 1 fully saturated rings. The van der Waals surface area contributed by atoms with Crippen LogP contribution in [0.2, 0.25) is 0 Å². The molecule has 1 aromatic heterocycles. The summed E-state index contributed by atoms with van der Waals surface area (Å²) in [5.74, 6) is -0.635. The number of ether oxygens (including phenoxy) is 2. The van der Waals surface area contributed by atoms with Crippen molar-refractivity contribution >= 4 is 23.5 Å². The van der Waals surface area contributed by atoms with Crippen molar-refractivity contribution in [3.63, 3.8) is 0 Å². The maximum Gasteiger partial charge on any atom is 0.338 e. The van der Waals surface area contributed by atoms with Gasteiger partial charge in [0.2, 0.25) is 5.91 Å². The predicted octanol–water partition coefficient (Wildman–Crippen LogP) is 4.91. The number of methoxy groups -OCH3 is 1. The summed E-state index contributed by atoms with van der Waals surface area (Å²) in [4.78, 5) is 41.4. The van der Waals surface area contributed by atoms with E-state index in [9.17, 15) is 14.4 Å². The van der Waals surface area contributed by atoms with Crippen LogP contribution in [-0.4, -0.2) is 37.5 Å². The molecule has 188 valence electrons. The highest BCUT2D eigenvalue weighted by Gasteiger charge is 2.36. The van der Waals surface area contributed by atoms with Crippen molar-refractivity contribution in [2.45, 2.75) is 44.7 Å². The molecule has 2 amide bonds. The molecule has 1 atom stereocenters. The zero-order valence-electron chi connectivity index (χ0n) is 20.4. The minimum atomic E-state index is -1.02. The molecule has 1 aliphatic carbocycles. The van der Waals surface area contributed by atoms with Gasteiger partial charge in [0, 0.05) is 11.7 Å². The Balaban J connectivity index is 1.82. The summed E-state index contributed by atoms with van der Waals surface area (Å²) in [6.07, 6.45) is 5.29. The van der Waals surface area contributed by atoms with Crippen LogP contribution < -0.4 is 15.0 Å². The van der Waals surface area contributed by atoms with Gasteiger partial charge in [-0.2, -0.15) is 0 Å². The van der Waals surface area contributed by atoms with Crippen LogP contribution in [0.4, 0.5) is 5.69 Å². The van der Waals surface area contributed by atoms with Crippen molar-refractivity contribution in [2.75, 3.05) is 18.6 Å². The topological polar surface area (TPSA) is 98.1 Å². The van der Waals surface area contributed by atoms with Crippen LogP contribution in [0.3, 0.4) is 0 Å². The summed E-state index contributed by atoms with van der Waals surface area (Å²) in [5.41, 5.74) is 1.23. The van der Waals surface area contributed by atoms with E-state index < -0.39 is 17.9 Å². The standard InChI is InChI=1S/C28H30N2O6/c1-3-35-28(33)20-8-6-11-22(18-20)30(27(32)24-12-7-17-36-24)25(19-13-15-23(34-2)16-14-19)26(31)29-21-9-4-5-10-21/h6-8,11-18,21,25H,3-5,9-10H2,1-2H3,(H,29,31)/t25-/m0/s1. The first-order chi connectivity index (χ1) is 17.5. The average Bonchev–Trinajstić information content (AvgIpc) is 3.62. The molecule has 1 heterocycles. The van der Waals surface area contributed by atoms with E-state index in [0.717, 1.165) is 25.7 Å². The Morgan fingerprint density at radius 3 is 2.44 bits per heavy atom. The second kappa shape index (κ2) is 11.6. The summed E-state index contributed by atoms with van der Waals surface area (Å²) in [6, 6.07) is 15.7. The zero-order chi connectivity index (χ0) is 25.5. The SMILES string of the molecule is CCOC(=O)c1cccc(N(C(=O)c2ccco2)[C@H](C(=O)NC2CCCC2)c2ccc(OC)cc2)c1. The third-order valence-electron chi connectivity index (χ3n) is 6.23. The maximum atomic E-state index is 13.8. The smallest absolute Gasteiger partial charge is 0.338 e. The molecule has 0 unspecified atom stereocenters. The van der Waals surface area contributed by atoms with Crippen molar-refractivity contribution < 1.29 is 28.3 Å². The number of hydrogen-bond donors (Lipinski definition) is 1. The van der Waals surface area contributed by atoms with E-state index in [2.05, 4.69) is 5.32 Å². The molecule has 0 aliphatic heterocycles. The van der Waals surface area contributed by atoms with Crippen molar-refractivity contribution in [3.8, 4) is 5.75 Å². The van der Waals surface area contributed by atoms with E-state index in [-0.39, 0.29) is 29.9 Å². The molecular formula is C28H30N2O6. The highest BCUT2D eigenvalue weighted by Crippen LogP contribution is 2.32. The number of anilines is 1. The summed E-state index contributed by atoms with van der Waals surface area (Å²) in [6.45, 7) is 1.94. The van der Waals surface area contributed by atoms with Gasteiger partial charge in [0.15, 0.2) is 5.76 Å². The fraction of sp³-hybridized carbons (Fsp3) is 0.321. The first-order valence-corrected chi connectivity index (χ1v) is 12.1. The zero-order valence-corrected chi connectivity index (χ0v) is 20.4. The Morgan fingerprint density at radius 1 is 1.06 bits per heavy atom. The summed E-state index contributed by atoms with van der Waals surface area (Å²) in [7, 11) is 1.56. The number of furan rings is 1. The number of carbonyl (C=O) groups is 3. The van der Waals surface area contributed by atoms with Crippen molar-refractivity contribution in [3.05, 3.63) is 83.8 Å². The molecular weight excluding hydrogens is 460 g/mol. The first kappa shape index (κ1) is 25.0. The van der Waals surface area contributed by atoms with Gasteiger partial charge in [0.25, 0.3) is 5.91 Å². The van der Waals surface area contributed by atoms with E-state index in [1.54, 1.807) is 74.7 Å². The Labute approximate surface area is 210 Å². The summed E-state index contributed by atoms with van der Waals surface area (Å²) < 4.78 is 15.8. The van der Waals surface area contributed by atoms with Crippen LogP contribution in [0, 0.1) is 0 Å². The van der Waals surface area contributed by atoms with E-state index in [1.165, 1.54) is 11.2 Å². The van der Waals surface area contributed by atoms with Crippen LogP contribution in [0.15, 0.2) is 71.3 Å². The number of esters is 1. The monoisotopic (exact) mass is 490 g/mol. The van der Waals surface area contributed by atoms with Gasteiger partial charge in [-0.15, -0.1) is 0 Å². The number of hydrogen-bond acceptors (Lipinski definition) is 6. The highest BCUT2D eigenvalue weighted by atomic mass is 16.5. The third kappa shape index (κ3) is 5.59. The molecule has 0 saturated heterocycles. The van der Waals surface area contributed by atoms with Crippen LogP contribution in [0.1, 0.15) is 65.1 Å². The Morgan fingerprint density at radius 2 is 1.81 bits per heavy atom. The number of rotatable bonds is 9. The molecule has 0 bridgehead atoms. The van der Waals surface area contributed by atoms with Gasteiger partial charge in [-0.3, -0.25) is 14.5 Å². The van der Waals surface area contributed by atoms with Crippen LogP contribution in [-0.2, 0) is 9.53 Å². The number of nitrogens with zero attached hydrogens (tertiary/aromatic N) is 1. The van der Waals surface area contributed by atoms with Crippen molar-refractivity contribution in [1.82, 2.24) is 5.32 Å². The lowest BCUT2D eigenvalue weighted by Gasteiger charge is -2.32. The molecule has 2 aromatic carbocycles. The van der Waals surface area contributed by atoms with Crippen LogP contribution in [0.25, 0.3) is 0 Å². The largest absolute Gasteiger partial charge is 0.497 e. The molecule has 36 heavy (non-hydrogen) atoms. The van der Waals surface area contributed by atoms with Gasteiger partial charge in [0.1, 0.15) is 11.8 Å². The van der Waals surface area contributed by atoms with Gasteiger partial charge in [-0.25, -0.2) is 4.79 Å². The van der Waals surface area contributed by atoms with E-state index >= 15 is 0 Å². The van der Waals surface area contributed by atoms with E-state index in [4.69, 9.17) is 13.9 Å². The van der Waals surface area contributed by atoms with Crippen molar-refractivity contribution in [2.24, 2.45) is 0 Å². The normalized spacial score (nSPS) is 14.2. The van der Waals surface area contributed by atoms with Crippen molar-refractivity contribution in [1.29, 1.82) is 0 Å². The second-order valence-corrected chi connectivity index (χ2v) is 8.59. The van der Waals surface area contributed by atoms with Gasteiger partial charge >= 0.3 is 5.97 Å². The molecule has 1 saturated carbocycles. The number of benzene rings is 2. The maximum absolute atomic E-state index is 13.8. The van der Waals surface area contributed by atoms with Crippen LogP contribution >= 0.6 is 0 Å². The lowest BCUT2D eigenvalue weighted by atomic mass is 10.0. The van der Waals surface area contributed by atoms with Gasteiger partial charge in [-0.1, -0.05) is 31.0 Å². The van der Waals surface area contributed by atoms with E-state index in [1.807, 2.05) is 0 Å². The molecule has 8 nitrogen and oxygen atoms in total. The lowest BCUT2D eigenvalue weighted by molar-refractivity contribution is -0.123. The molecule has 1 N–H and O–H groups in total. The van der Waals surface area contributed by atoms with E-state index in [0.29, 0.717) is 17.0 Å². The lowest BCUT2D eigenvalue weighted by Crippen LogP contribution is -2.46. The van der Waals surface area contributed by atoms with Gasteiger partial charge in [0.05, 0.1) is 25.5 Å². The van der Waals surface area contributed by atoms with Gasteiger partial charge in [-0.05, 0) is 67.8 Å². The minimum Gasteiger partial charge on any atom is -0.497 e. The fourth-order valence-corrected chi connectivity index (χ4v) is 4.45. The molecule has 0 radical (unpaired) electrons. The second-order valence-electron chi connectivity index (χ2n) is 8.59. The first-order valence-electron chi connectivity index (χ1n) is 12.1. The molecule has 4 rings (SSSR count). The minimum absolute atomic E-state index is 0.0460. The number of amides is 2. The average molecular weight is 491 g/mol. The number of nitrogens with one attached hydrogen (secondary N) is 1. The Kier molecular flexibility index (Phi) is 8.05. The molecule has 1 aliphatic rings. The van der Waals surface area contributed by atoms with Gasteiger partial charge < -0.3 is 19.2 Å². The summed E-state index contributed by atoms with van der Waals surface area (Å²) >= 11 is 0. The molecule has 0 spiro atoms.